The van der Waals surface area contributed by atoms with Crippen LogP contribution in [0.5, 0.6) is 23.0 Å². The van der Waals surface area contributed by atoms with Crippen molar-refractivity contribution in [2.45, 2.75) is 108 Å². The van der Waals surface area contributed by atoms with Crippen molar-refractivity contribution in [1.82, 2.24) is 4.90 Å². The summed E-state index contributed by atoms with van der Waals surface area (Å²) in [5, 5.41) is 24.7. The highest BCUT2D eigenvalue weighted by Crippen LogP contribution is 2.62. The predicted octanol–water partition coefficient (Wildman–Crippen LogP) is 7.85. The molecule has 2 fully saturated rings. The Kier molecular flexibility index (Phi) is 12.7. The Bertz CT molecular complexity index is 1830. The van der Waals surface area contributed by atoms with Crippen molar-refractivity contribution in [3.8, 4) is 23.0 Å². The van der Waals surface area contributed by atoms with Crippen LogP contribution in [0.3, 0.4) is 0 Å². The molecule has 5 aliphatic rings. The maximum atomic E-state index is 14.8. The number of fused-ring (bicyclic) bond motifs is 3. The predicted molar refractivity (Wildman–Crippen MR) is 217 cm³/mol. The fraction of sp³-hybridized carbons (Fsp3) is 0.565. The molecule has 0 saturated heterocycles. The highest BCUT2D eigenvalue weighted by molar-refractivity contribution is 6.03. The first-order valence-electron chi connectivity index (χ1n) is 20.8. The molecule has 3 aliphatic carbocycles. The number of amides is 1. The van der Waals surface area contributed by atoms with Crippen molar-refractivity contribution in [3.05, 3.63) is 84.5 Å². The molecule has 308 valence electrons. The van der Waals surface area contributed by atoms with Gasteiger partial charge >= 0.3 is 0 Å². The molecule has 0 spiro atoms. The first-order chi connectivity index (χ1) is 27.6. The summed E-state index contributed by atoms with van der Waals surface area (Å²) in [6.07, 6.45) is 12.6. The fourth-order valence-corrected chi connectivity index (χ4v) is 9.23. The van der Waals surface area contributed by atoms with Crippen LogP contribution in [0, 0.1) is 23.7 Å². The smallest absolute Gasteiger partial charge is 0.239 e. The van der Waals surface area contributed by atoms with Crippen molar-refractivity contribution < 1.29 is 43.5 Å². The topological polar surface area (TPSA) is 129 Å². The number of aliphatic hydroxyl groups is 2. The molecule has 2 aromatic carbocycles. The van der Waals surface area contributed by atoms with Crippen LogP contribution in [0.25, 0.3) is 0 Å². The standard InChI is InChI=1S/C46H60N2O9/c1-6-22-52-33-17-19-38-36(26-33)42-34(13-9-11-21-50)32(12-8-10-20-49)25-35-37(47-57-45(3,4)5)27-41(46(56-38,43(35)42)55-23-7-2)48(44(51)31-15-16-31)28-30-14-18-39-40(24-30)54-29-53-39/h6-7,14,17-19,24-26,31-32,34,41-43,49-50H,1-2,8-13,15-16,20-23,27-29H2,3-5H3/t32-,34+,41-,42+,43+,46+/m0/s1. The van der Waals surface area contributed by atoms with E-state index >= 15 is 0 Å². The van der Waals surface area contributed by atoms with Gasteiger partial charge < -0.3 is 43.6 Å². The molecule has 11 heteroatoms. The zero-order valence-electron chi connectivity index (χ0n) is 33.8. The highest BCUT2D eigenvalue weighted by atomic mass is 16.7. The number of unbranched alkanes of at least 4 members (excludes halogenated alkanes) is 2. The summed E-state index contributed by atoms with van der Waals surface area (Å²) in [6.45, 7) is 15.1. The van der Waals surface area contributed by atoms with Gasteiger partial charge in [0.25, 0.3) is 0 Å². The molecule has 2 saturated carbocycles. The van der Waals surface area contributed by atoms with E-state index in [0.717, 1.165) is 60.9 Å². The minimum absolute atomic E-state index is 0.0547. The van der Waals surface area contributed by atoms with Crippen LogP contribution >= 0.6 is 0 Å². The molecule has 2 heterocycles. The van der Waals surface area contributed by atoms with Gasteiger partial charge in [0.1, 0.15) is 29.7 Å². The summed E-state index contributed by atoms with van der Waals surface area (Å²) in [5.41, 5.74) is 3.13. The Morgan fingerprint density at radius 1 is 0.965 bits per heavy atom. The van der Waals surface area contributed by atoms with E-state index in [-0.39, 0.29) is 56.2 Å². The number of nitrogens with zero attached hydrogens (tertiary/aromatic N) is 2. The molecule has 2 aliphatic heterocycles. The van der Waals surface area contributed by atoms with Gasteiger partial charge in [0.2, 0.25) is 18.5 Å². The monoisotopic (exact) mass is 784 g/mol. The van der Waals surface area contributed by atoms with Crippen molar-refractivity contribution in [1.29, 1.82) is 0 Å². The van der Waals surface area contributed by atoms with Gasteiger partial charge in [-0.2, -0.15) is 0 Å². The number of ether oxygens (including phenoxy) is 5. The van der Waals surface area contributed by atoms with Crippen LogP contribution in [0.1, 0.15) is 95.6 Å². The van der Waals surface area contributed by atoms with E-state index in [9.17, 15) is 15.0 Å². The lowest BCUT2D eigenvalue weighted by atomic mass is 9.55. The van der Waals surface area contributed by atoms with Gasteiger partial charge in [0.15, 0.2) is 11.5 Å². The van der Waals surface area contributed by atoms with E-state index in [1.807, 2.05) is 56.0 Å². The Morgan fingerprint density at radius 3 is 2.42 bits per heavy atom. The molecule has 0 radical (unpaired) electrons. The summed E-state index contributed by atoms with van der Waals surface area (Å²) in [5.74, 6) is 1.04. The van der Waals surface area contributed by atoms with E-state index in [1.54, 1.807) is 12.2 Å². The van der Waals surface area contributed by atoms with Gasteiger partial charge in [0.05, 0.1) is 18.2 Å². The van der Waals surface area contributed by atoms with Gasteiger partial charge in [0, 0.05) is 43.6 Å². The summed E-state index contributed by atoms with van der Waals surface area (Å²) < 4.78 is 32.1. The average molecular weight is 785 g/mol. The van der Waals surface area contributed by atoms with E-state index in [2.05, 4.69) is 25.3 Å². The number of hydrogen-bond donors (Lipinski definition) is 2. The lowest BCUT2D eigenvalue weighted by molar-refractivity contribution is -0.258. The molecule has 0 aromatic heterocycles. The highest BCUT2D eigenvalue weighted by Gasteiger charge is 2.66. The quantitative estimate of drug-likeness (QED) is 0.0832. The molecule has 6 atom stereocenters. The molecule has 2 aromatic rings. The third kappa shape index (κ3) is 8.76. The first kappa shape index (κ1) is 40.9. The van der Waals surface area contributed by atoms with Gasteiger partial charge in [-0.1, -0.05) is 48.9 Å². The summed E-state index contributed by atoms with van der Waals surface area (Å²) in [4.78, 5) is 23.1. The zero-order valence-corrected chi connectivity index (χ0v) is 33.8. The van der Waals surface area contributed by atoms with Crippen LogP contribution in [-0.4, -0.2) is 77.4 Å². The molecular weight excluding hydrogens is 725 g/mol. The second-order valence-electron chi connectivity index (χ2n) is 17.0. The number of rotatable bonds is 19. The molecule has 2 N–H and O–H groups in total. The summed E-state index contributed by atoms with van der Waals surface area (Å²) in [6, 6.07) is 11.2. The SMILES string of the molecule is C=CCOc1ccc2c(c1)[C@H]1[C@H](CCCCO)[C@@H](CCCCO)C=C3C(=NOC(C)(C)C)C[C@H](N(Cc4ccc5c(c4)OCO5)C(=O)C4CC4)[C@@](OCC=C)(O2)[C@H]31. The second-order valence-corrected chi connectivity index (χ2v) is 17.0. The van der Waals surface area contributed by atoms with E-state index in [0.29, 0.717) is 55.4 Å². The van der Waals surface area contributed by atoms with Crippen LogP contribution in [0.2, 0.25) is 0 Å². The number of oxime groups is 1. The number of aliphatic hydroxyl groups excluding tert-OH is 2. The van der Waals surface area contributed by atoms with Crippen LogP contribution in [0.4, 0.5) is 0 Å². The third-order valence-electron chi connectivity index (χ3n) is 11.8. The number of hydrogen-bond acceptors (Lipinski definition) is 10. The normalized spacial score (nSPS) is 26.4. The average Bonchev–Trinajstić information content (AvgIpc) is 3.95. The lowest BCUT2D eigenvalue weighted by Gasteiger charge is -2.60. The van der Waals surface area contributed by atoms with Gasteiger partial charge in [-0.25, -0.2) is 0 Å². The number of benzene rings is 2. The molecule has 1 amide bonds. The number of carbonyl (C=O) groups is 1. The molecule has 0 unspecified atom stereocenters. The minimum atomic E-state index is -1.34. The van der Waals surface area contributed by atoms with Crippen molar-refractivity contribution in [2.24, 2.45) is 28.8 Å². The molecule has 0 bridgehead atoms. The van der Waals surface area contributed by atoms with Crippen LogP contribution in [-0.2, 0) is 20.9 Å². The van der Waals surface area contributed by atoms with Gasteiger partial charge in [-0.15, -0.1) is 6.58 Å². The Hall–Kier alpha value is -4.32. The summed E-state index contributed by atoms with van der Waals surface area (Å²) >= 11 is 0. The molecule has 7 rings (SSSR count). The number of allylic oxidation sites excluding steroid dienone is 1. The largest absolute Gasteiger partial charge is 0.490 e. The van der Waals surface area contributed by atoms with Gasteiger partial charge in [-0.3, -0.25) is 4.79 Å². The van der Waals surface area contributed by atoms with E-state index in [1.165, 1.54) is 0 Å². The fourth-order valence-electron chi connectivity index (χ4n) is 9.23. The molecular formula is C46H60N2O9. The first-order valence-corrected chi connectivity index (χ1v) is 20.8. The Morgan fingerprint density at radius 2 is 1.70 bits per heavy atom. The molecule has 11 nitrogen and oxygen atoms in total. The zero-order chi connectivity index (χ0) is 40.2. The van der Waals surface area contributed by atoms with Crippen molar-refractivity contribution in [2.75, 3.05) is 33.2 Å². The minimum Gasteiger partial charge on any atom is -0.490 e. The van der Waals surface area contributed by atoms with Crippen LogP contribution < -0.4 is 18.9 Å². The third-order valence-corrected chi connectivity index (χ3v) is 11.8. The maximum Gasteiger partial charge on any atom is 0.239 e. The second kappa shape index (κ2) is 17.7. The maximum absolute atomic E-state index is 14.8. The Balaban J connectivity index is 1.45. The Labute approximate surface area is 337 Å². The van der Waals surface area contributed by atoms with Crippen molar-refractivity contribution in [3.63, 3.8) is 0 Å². The van der Waals surface area contributed by atoms with Crippen LogP contribution in [0.15, 0.2) is 78.5 Å². The van der Waals surface area contributed by atoms with E-state index < -0.39 is 23.3 Å². The van der Waals surface area contributed by atoms with E-state index in [4.69, 9.17) is 33.7 Å². The van der Waals surface area contributed by atoms with Crippen molar-refractivity contribution >= 4 is 11.6 Å². The molecule has 57 heavy (non-hydrogen) atoms. The lowest BCUT2D eigenvalue weighted by Crippen LogP contribution is -2.70. The van der Waals surface area contributed by atoms with Gasteiger partial charge in [-0.05, 0) is 113 Å². The summed E-state index contributed by atoms with van der Waals surface area (Å²) in [7, 11) is 0. The number of carbonyl (C=O) groups excluding carboxylic acids is 1.